The molecule has 0 bridgehead atoms. The zero-order valence-corrected chi connectivity index (χ0v) is 12.4. The largest absolute Gasteiger partial charge is 0.493 e. The molecule has 22 heavy (non-hydrogen) atoms. The standard InChI is InChI=1S/C17H18N2O3/c1-2-21-17-13(7-5-10-18-17)16(20)19-14-9-11-22-15-8-4-3-6-12(14)15/h3-8,10,14H,2,9,11H2,1H3,(H,19,20)/t14-/m0/s1. The van der Waals surface area contributed by atoms with Gasteiger partial charge in [0.2, 0.25) is 5.88 Å². The topological polar surface area (TPSA) is 60.5 Å². The van der Waals surface area contributed by atoms with Crippen molar-refractivity contribution in [3.63, 3.8) is 0 Å². The number of ether oxygens (including phenoxy) is 2. The first-order valence-electron chi connectivity index (χ1n) is 7.40. The fraction of sp³-hybridized carbons (Fsp3) is 0.294. The highest BCUT2D eigenvalue weighted by atomic mass is 16.5. The minimum atomic E-state index is -0.182. The first-order chi connectivity index (χ1) is 10.8. The van der Waals surface area contributed by atoms with Gasteiger partial charge in [-0.2, -0.15) is 0 Å². The maximum atomic E-state index is 12.5. The first-order valence-corrected chi connectivity index (χ1v) is 7.40. The maximum Gasteiger partial charge on any atom is 0.257 e. The molecule has 0 spiro atoms. The molecule has 1 N–H and O–H groups in total. The van der Waals surface area contributed by atoms with E-state index >= 15 is 0 Å². The summed E-state index contributed by atoms with van der Waals surface area (Å²) in [6, 6.07) is 11.2. The zero-order valence-electron chi connectivity index (χ0n) is 12.4. The van der Waals surface area contributed by atoms with E-state index in [-0.39, 0.29) is 11.9 Å². The number of pyridine rings is 1. The molecule has 3 rings (SSSR count). The summed E-state index contributed by atoms with van der Waals surface area (Å²) in [5.41, 5.74) is 1.46. The van der Waals surface area contributed by atoms with Gasteiger partial charge < -0.3 is 14.8 Å². The number of benzene rings is 1. The van der Waals surface area contributed by atoms with Crippen LogP contribution < -0.4 is 14.8 Å². The molecule has 1 aliphatic rings. The summed E-state index contributed by atoms with van der Waals surface area (Å²) in [5.74, 6) is 1.01. The first kappa shape index (κ1) is 14.4. The Balaban J connectivity index is 1.81. The fourth-order valence-corrected chi connectivity index (χ4v) is 2.54. The van der Waals surface area contributed by atoms with Crippen molar-refractivity contribution in [3.8, 4) is 11.6 Å². The van der Waals surface area contributed by atoms with Crippen molar-refractivity contribution in [3.05, 3.63) is 53.7 Å². The molecule has 1 aromatic carbocycles. The molecule has 1 aromatic heterocycles. The Kier molecular flexibility index (Phi) is 4.23. The molecule has 5 nitrogen and oxygen atoms in total. The fourth-order valence-electron chi connectivity index (χ4n) is 2.54. The summed E-state index contributed by atoms with van der Waals surface area (Å²) in [6.45, 7) is 2.93. The molecular weight excluding hydrogens is 280 g/mol. The quantitative estimate of drug-likeness (QED) is 0.943. The van der Waals surface area contributed by atoms with E-state index in [1.807, 2.05) is 31.2 Å². The van der Waals surface area contributed by atoms with Gasteiger partial charge in [-0.25, -0.2) is 4.98 Å². The van der Waals surface area contributed by atoms with E-state index in [2.05, 4.69) is 10.3 Å². The monoisotopic (exact) mass is 298 g/mol. The normalized spacial score (nSPS) is 16.3. The highest BCUT2D eigenvalue weighted by molar-refractivity contribution is 5.96. The lowest BCUT2D eigenvalue weighted by molar-refractivity contribution is 0.0920. The number of carbonyl (C=O) groups is 1. The van der Waals surface area contributed by atoms with Crippen molar-refractivity contribution in [2.24, 2.45) is 0 Å². The Morgan fingerprint density at radius 2 is 2.23 bits per heavy atom. The van der Waals surface area contributed by atoms with Gasteiger partial charge in [0.25, 0.3) is 5.91 Å². The maximum absolute atomic E-state index is 12.5. The second-order valence-electron chi connectivity index (χ2n) is 4.99. The lowest BCUT2D eigenvalue weighted by Gasteiger charge is -2.26. The van der Waals surface area contributed by atoms with Crippen molar-refractivity contribution in [2.45, 2.75) is 19.4 Å². The lowest BCUT2D eigenvalue weighted by atomic mass is 10.0. The van der Waals surface area contributed by atoms with Gasteiger partial charge >= 0.3 is 0 Å². The number of nitrogens with zero attached hydrogens (tertiary/aromatic N) is 1. The molecule has 0 radical (unpaired) electrons. The van der Waals surface area contributed by atoms with E-state index < -0.39 is 0 Å². The van der Waals surface area contributed by atoms with E-state index in [1.165, 1.54) is 0 Å². The third-order valence-electron chi connectivity index (χ3n) is 3.56. The number of aromatic nitrogens is 1. The van der Waals surface area contributed by atoms with Gasteiger partial charge in [0, 0.05) is 18.2 Å². The van der Waals surface area contributed by atoms with Crippen LogP contribution in [-0.2, 0) is 0 Å². The summed E-state index contributed by atoms with van der Waals surface area (Å²) in [6.07, 6.45) is 2.36. The molecule has 1 amide bonds. The van der Waals surface area contributed by atoms with Crippen LogP contribution in [0.15, 0.2) is 42.6 Å². The minimum absolute atomic E-state index is 0.0628. The number of fused-ring (bicyclic) bond motifs is 1. The number of para-hydroxylation sites is 1. The third-order valence-corrected chi connectivity index (χ3v) is 3.56. The van der Waals surface area contributed by atoms with E-state index in [9.17, 15) is 4.79 Å². The van der Waals surface area contributed by atoms with Crippen LogP contribution in [0.4, 0.5) is 0 Å². The number of nitrogens with one attached hydrogen (secondary N) is 1. The number of hydrogen-bond donors (Lipinski definition) is 1. The average Bonchev–Trinajstić information content (AvgIpc) is 2.56. The van der Waals surface area contributed by atoms with Crippen molar-refractivity contribution in [1.29, 1.82) is 0 Å². The van der Waals surface area contributed by atoms with Crippen molar-refractivity contribution >= 4 is 5.91 Å². The average molecular weight is 298 g/mol. The third kappa shape index (κ3) is 2.88. The second kappa shape index (κ2) is 6.47. The number of rotatable bonds is 4. The predicted molar refractivity (Wildman–Crippen MR) is 82.2 cm³/mol. The van der Waals surface area contributed by atoms with Crippen LogP contribution in [0, 0.1) is 0 Å². The van der Waals surface area contributed by atoms with Gasteiger partial charge in [-0.15, -0.1) is 0 Å². The van der Waals surface area contributed by atoms with Crippen LogP contribution in [0.3, 0.4) is 0 Å². The molecule has 5 heteroatoms. The molecule has 2 heterocycles. The van der Waals surface area contributed by atoms with E-state index in [1.54, 1.807) is 18.3 Å². The lowest BCUT2D eigenvalue weighted by Crippen LogP contribution is -2.32. The Labute approximate surface area is 129 Å². The van der Waals surface area contributed by atoms with Crippen LogP contribution >= 0.6 is 0 Å². The van der Waals surface area contributed by atoms with Gasteiger partial charge in [-0.1, -0.05) is 18.2 Å². The molecule has 0 aliphatic carbocycles. The van der Waals surface area contributed by atoms with Crippen molar-refractivity contribution < 1.29 is 14.3 Å². The van der Waals surface area contributed by atoms with E-state index in [0.717, 1.165) is 17.7 Å². The van der Waals surface area contributed by atoms with Gasteiger partial charge in [0.1, 0.15) is 11.3 Å². The summed E-state index contributed by atoms with van der Waals surface area (Å²) in [7, 11) is 0. The highest BCUT2D eigenvalue weighted by Gasteiger charge is 2.24. The van der Waals surface area contributed by atoms with Crippen molar-refractivity contribution in [2.75, 3.05) is 13.2 Å². The molecule has 1 aliphatic heterocycles. The summed E-state index contributed by atoms with van der Waals surface area (Å²) in [4.78, 5) is 16.7. The summed E-state index contributed by atoms with van der Waals surface area (Å²) in [5, 5.41) is 3.05. The SMILES string of the molecule is CCOc1ncccc1C(=O)N[C@H]1CCOc2ccccc21. The molecule has 114 valence electrons. The predicted octanol–water partition coefficient (Wildman–Crippen LogP) is 2.73. The van der Waals surface area contributed by atoms with Crippen LogP contribution in [0.1, 0.15) is 35.3 Å². The van der Waals surface area contributed by atoms with Gasteiger partial charge in [-0.05, 0) is 25.1 Å². The Morgan fingerprint density at radius 1 is 1.36 bits per heavy atom. The van der Waals surface area contributed by atoms with Crippen LogP contribution in [0.25, 0.3) is 0 Å². The van der Waals surface area contributed by atoms with Crippen molar-refractivity contribution in [1.82, 2.24) is 10.3 Å². The Hall–Kier alpha value is -2.56. The summed E-state index contributed by atoms with van der Waals surface area (Å²) < 4.78 is 11.0. The molecular formula is C17H18N2O3. The Bertz CT molecular complexity index is 672. The second-order valence-corrected chi connectivity index (χ2v) is 4.99. The summed E-state index contributed by atoms with van der Waals surface area (Å²) >= 11 is 0. The minimum Gasteiger partial charge on any atom is -0.493 e. The highest BCUT2D eigenvalue weighted by Crippen LogP contribution is 2.32. The Morgan fingerprint density at radius 3 is 3.09 bits per heavy atom. The zero-order chi connectivity index (χ0) is 15.4. The van der Waals surface area contributed by atoms with Gasteiger partial charge in [0.15, 0.2) is 0 Å². The van der Waals surface area contributed by atoms with Gasteiger partial charge in [0.05, 0.1) is 19.3 Å². The van der Waals surface area contributed by atoms with Crippen LogP contribution in [-0.4, -0.2) is 24.1 Å². The smallest absolute Gasteiger partial charge is 0.257 e. The molecule has 0 saturated carbocycles. The van der Waals surface area contributed by atoms with Crippen LogP contribution in [0.2, 0.25) is 0 Å². The molecule has 0 unspecified atom stereocenters. The number of hydrogen-bond acceptors (Lipinski definition) is 4. The number of amides is 1. The van der Waals surface area contributed by atoms with Gasteiger partial charge in [-0.3, -0.25) is 4.79 Å². The molecule has 2 aromatic rings. The number of carbonyl (C=O) groups excluding carboxylic acids is 1. The molecule has 0 fully saturated rings. The van der Waals surface area contributed by atoms with E-state index in [4.69, 9.17) is 9.47 Å². The molecule has 1 atom stereocenters. The van der Waals surface area contributed by atoms with E-state index in [0.29, 0.717) is 24.7 Å². The molecule has 0 saturated heterocycles. The van der Waals surface area contributed by atoms with Crippen LogP contribution in [0.5, 0.6) is 11.6 Å².